The van der Waals surface area contributed by atoms with Gasteiger partial charge in [-0.3, -0.25) is 14.6 Å². The minimum Gasteiger partial charge on any atom is -0.490 e. The van der Waals surface area contributed by atoms with Crippen LogP contribution in [0.15, 0.2) is 66.7 Å². The first-order valence-electron chi connectivity index (χ1n) is 14.6. The Morgan fingerprint density at radius 3 is 2.56 bits per heavy atom. The summed E-state index contributed by atoms with van der Waals surface area (Å²) >= 11 is 0. The number of likely N-dealkylation sites (tertiary alicyclic amines) is 1. The van der Waals surface area contributed by atoms with Gasteiger partial charge in [-0.2, -0.15) is 0 Å². The molecule has 4 aromatic rings. The highest BCUT2D eigenvalue weighted by Gasteiger charge is 2.21. The van der Waals surface area contributed by atoms with Crippen LogP contribution >= 0.6 is 0 Å². The Labute approximate surface area is 240 Å². The monoisotopic (exact) mass is 548 g/mol. The zero-order chi connectivity index (χ0) is 28.3. The van der Waals surface area contributed by atoms with E-state index in [-0.39, 0.29) is 17.9 Å². The lowest BCUT2D eigenvalue weighted by Gasteiger charge is -2.17. The van der Waals surface area contributed by atoms with Crippen molar-refractivity contribution in [2.45, 2.75) is 52.1 Å². The van der Waals surface area contributed by atoms with Crippen LogP contribution in [0.3, 0.4) is 0 Å². The van der Waals surface area contributed by atoms with E-state index in [0.717, 1.165) is 72.4 Å². The number of aryl methyl sites for hydroxylation is 2. The highest BCUT2D eigenvalue weighted by molar-refractivity contribution is 6.08. The van der Waals surface area contributed by atoms with Gasteiger partial charge in [0.25, 0.3) is 11.8 Å². The van der Waals surface area contributed by atoms with E-state index in [4.69, 9.17) is 4.74 Å². The summed E-state index contributed by atoms with van der Waals surface area (Å²) in [5.74, 6) is 0.362. The summed E-state index contributed by atoms with van der Waals surface area (Å²) in [5.41, 5.74) is 6.41. The third kappa shape index (κ3) is 6.25. The maximum atomic E-state index is 13.4. The number of amides is 2. The van der Waals surface area contributed by atoms with E-state index in [9.17, 15) is 9.59 Å². The van der Waals surface area contributed by atoms with Crippen LogP contribution < -0.4 is 15.4 Å². The minimum atomic E-state index is -0.215. The van der Waals surface area contributed by atoms with Crippen LogP contribution in [-0.4, -0.2) is 47.4 Å². The largest absolute Gasteiger partial charge is 0.490 e. The Kier molecular flexibility index (Phi) is 7.70. The molecule has 6 rings (SSSR count). The lowest BCUT2D eigenvalue weighted by molar-refractivity contribution is 0.101. The van der Waals surface area contributed by atoms with Crippen LogP contribution in [0.5, 0.6) is 5.75 Å². The summed E-state index contributed by atoms with van der Waals surface area (Å²) < 4.78 is 5.84. The quantitative estimate of drug-likeness (QED) is 0.266. The number of rotatable bonds is 8. The number of nitrogens with zero attached hydrogens (tertiary/aromatic N) is 2. The smallest absolute Gasteiger partial charge is 0.255 e. The van der Waals surface area contributed by atoms with Crippen LogP contribution in [0.25, 0.3) is 10.9 Å². The van der Waals surface area contributed by atoms with Crippen molar-refractivity contribution >= 4 is 34.1 Å². The standard InChI is InChI=1S/C34H36N4O3/c1-22-7-8-25-19-27(12-14-30(25)35-22)34(40)37-31-21-29(13-11-24(31)6-5-17-38-15-3-4-16-38)36-33(39)28-10-9-26-18-23(2)41-32(26)20-28/h7-14,19-21,23H,3-6,15-18H2,1-2H3,(H,36,39)(H,37,40). The molecule has 1 unspecified atom stereocenters. The molecule has 1 saturated heterocycles. The second kappa shape index (κ2) is 11.7. The molecule has 1 atom stereocenters. The van der Waals surface area contributed by atoms with Gasteiger partial charge in [0.05, 0.1) is 5.52 Å². The summed E-state index contributed by atoms with van der Waals surface area (Å²) in [6.07, 6.45) is 5.35. The van der Waals surface area contributed by atoms with Gasteiger partial charge in [-0.05, 0) is 119 Å². The molecule has 41 heavy (non-hydrogen) atoms. The first-order valence-corrected chi connectivity index (χ1v) is 14.6. The van der Waals surface area contributed by atoms with Crippen LogP contribution in [0.1, 0.15) is 63.7 Å². The van der Waals surface area contributed by atoms with Gasteiger partial charge in [0.15, 0.2) is 0 Å². The number of hydrogen-bond donors (Lipinski definition) is 2. The molecule has 2 aliphatic rings. The molecule has 210 valence electrons. The summed E-state index contributed by atoms with van der Waals surface area (Å²) in [7, 11) is 0. The highest BCUT2D eigenvalue weighted by atomic mass is 16.5. The van der Waals surface area contributed by atoms with E-state index >= 15 is 0 Å². The molecule has 1 fully saturated rings. The first kappa shape index (κ1) is 27.0. The number of carbonyl (C=O) groups is 2. The van der Waals surface area contributed by atoms with Crippen molar-refractivity contribution in [2.75, 3.05) is 30.3 Å². The van der Waals surface area contributed by atoms with E-state index < -0.39 is 0 Å². The molecular weight excluding hydrogens is 512 g/mol. The number of benzene rings is 3. The van der Waals surface area contributed by atoms with Gasteiger partial charge in [0.1, 0.15) is 11.9 Å². The maximum Gasteiger partial charge on any atom is 0.255 e. The Balaban J connectivity index is 1.21. The molecule has 0 spiro atoms. The van der Waals surface area contributed by atoms with Crippen LogP contribution in [0, 0.1) is 6.92 Å². The van der Waals surface area contributed by atoms with E-state index in [1.165, 1.54) is 12.8 Å². The summed E-state index contributed by atoms with van der Waals surface area (Å²) in [6.45, 7) is 7.35. The van der Waals surface area contributed by atoms with Gasteiger partial charge in [-0.1, -0.05) is 18.2 Å². The lowest BCUT2D eigenvalue weighted by Crippen LogP contribution is -2.21. The molecule has 3 heterocycles. The van der Waals surface area contributed by atoms with Crippen molar-refractivity contribution in [3.63, 3.8) is 0 Å². The Bertz CT molecular complexity index is 1610. The summed E-state index contributed by atoms with van der Waals surface area (Å²) in [4.78, 5) is 33.6. The predicted molar refractivity (Wildman–Crippen MR) is 163 cm³/mol. The minimum absolute atomic E-state index is 0.121. The van der Waals surface area contributed by atoms with E-state index in [0.29, 0.717) is 22.5 Å². The summed E-state index contributed by atoms with van der Waals surface area (Å²) in [6, 6.07) is 20.9. The maximum absolute atomic E-state index is 13.4. The van der Waals surface area contributed by atoms with Crippen molar-refractivity contribution in [3.8, 4) is 5.75 Å². The Morgan fingerprint density at radius 2 is 1.71 bits per heavy atom. The highest BCUT2D eigenvalue weighted by Crippen LogP contribution is 2.30. The molecule has 1 aromatic heterocycles. The normalized spacial score (nSPS) is 16.4. The second-order valence-electron chi connectivity index (χ2n) is 11.2. The van der Waals surface area contributed by atoms with Gasteiger partial charge in [-0.25, -0.2) is 0 Å². The molecule has 0 aliphatic carbocycles. The van der Waals surface area contributed by atoms with Crippen molar-refractivity contribution in [1.29, 1.82) is 0 Å². The second-order valence-corrected chi connectivity index (χ2v) is 11.2. The number of fused-ring (bicyclic) bond motifs is 2. The number of anilines is 2. The molecule has 0 saturated carbocycles. The van der Waals surface area contributed by atoms with Gasteiger partial charge >= 0.3 is 0 Å². The number of aromatic nitrogens is 1. The molecule has 0 radical (unpaired) electrons. The van der Waals surface area contributed by atoms with Crippen LogP contribution in [0.2, 0.25) is 0 Å². The van der Waals surface area contributed by atoms with E-state index in [1.807, 2.05) is 68.4 Å². The van der Waals surface area contributed by atoms with Crippen molar-refractivity contribution in [3.05, 3.63) is 94.7 Å². The van der Waals surface area contributed by atoms with Gasteiger partial charge in [0, 0.05) is 40.0 Å². The molecule has 2 N–H and O–H groups in total. The van der Waals surface area contributed by atoms with Gasteiger partial charge < -0.3 is 20.3 Å². The third-order valence-electron chi connectivity index (χ3n) is 7.99. The SMILES string of the molecule is Cc1ccc2cc(C(=O)Nc3cc(NC(=O)c4ccc5c(c4)OC(C)C5)ccc3CCCN3CCCC3)ccc2n1. The number of carbonyl (C=O) groups excluding carboxylic acids is 2. The zero-order valence-corrected chi connectivity index (χ0v) is 23.7. The molecule has 2 amide bonds. The fourth-order valence-electron chi connectivity index (χ4n) is 5.80. The summed E-state index contributed by atoms with van der Waals surface area (Å²) in [5, 5.41) is 7.06. The Morgan fingerprint density at radius 1 is 0.927 bits per heavy atom. The first-order chi connectivity index (χ1) is 19.9. The molecule has 0 bridgehead atoms. The topological polar surface area (TPSA) is 83.6 Å². The van der Waals surface area contributed by atoms with Crippen molar-refractivity contribution in [1.82, 2.24) is 9.88 Å². The lowest BCUT2D eigenvalue weighted by atomic mass is 10.0. The zero-order valence-electron chi connectivity index (χ0n) is 23.7. The molecule has 2 aliphatic heterocycles. The third-order valence-corrected chi connectivity index (χ3v) is 7.99. The van der Waals surface area contributed by atoms with E-state index in [1.54, 1.807) is 12.1 Å². The predicted octanol–water partition coefficient (Wildman–Crippen LogP) is 6.40. The molecule has 3 aromatic carbocycles. The van der Waals surface area contributed by atoms with Crippen LogP contribution in [0.4, 0.5) is 11.4 Å². The average molecular weight is 549 g/mol. The van der Waals surface area contributed by atoms with Crippen molar-refractivity contribution < 1.29 is 14.3 Å². The van der Waals surface area contributed by atoms with E-state index in [2.05, 4.69) is 20.5 Å². The fourth-order valence-corrected chi connectivity index (χ4v) is 5.80. The van der Waals surface area contributed by atoms with Gasteiger partial charge in [-0.15, -0.1) is 0 Å². The molecular formula is C34H36N4O3. The molecule has 7 nitrogen and oxygen atoms in total. The van der Waals surface area contributed by atoms with Crippen LogP contribution in [-0.2, 0) is 12.8 Å². The number of ether oxygens (including phenoxy) is 1. The van der Waals surface area contributed by atoms with Gasteiger partial charge in [0.2, 0.25) is 0 Å². The number of pyridine rings is 1. The number of nitrogens with one attached hydrogen (secondary N) is 2. The Hall–Kier alpha value is -4.23. The average Bonchev–Trinajstić information content (AvgIpc) is 3.62. The fraction of sp³-hybridized carbons (Fsp3) is 0.324. The number of hydrogen-bond acceptors (Lipinski definition) is 5. The molecule has 7 heteroatoms. The van der Waals surface area contributed by atoms with Crippen molar-refractivity contribution in [2.24, 2.45) is 0 Å².